The zero-order chi connectivity index (χ0) is 11.2. The Morgan fingerprint density at radius 2 is 1.75 bits per heavy atom. The highest BCUT2D eigenvalue weighted by Crippen LogP contribution is 2.00. The monoisotopic (exact) mass is 213 g/mol. The highest BCUT2D eigenvalue weighted by atomic mass is 16.3. The minimum Gasteiger partial charge on any atom is -0.196 e. The summed E-state index contributed by atoms with van der Waals surface area (Å²) in [4.78, 5) is 10.3. The maximum atomic E-state index is 10.3. The average molecular weight is 213 g/mol. The number of hydrogen-bond acceptors (Lipinski definition) is 2. The summed E-state index contributed by atoms with van der Waals surface area (Å²) >= 11 is 0. The van der Waals surface area contributed by atoms with Crippen LogP contribution >= 0.6 is 0 Å². The summed E-state index contributed by atoms with van der Waals surface area (Å²) in [6.45, 7) is 0.986. The van der Waals surface area contributed by atoms with E-state index >= 15 is 0 Å². The summed E-state index contributed by atoms with van der Waals surface area (Å²) in [5.41, 5.74) is 2.15. The van der Waals surface area contributed by atoms with E-state index in [1.807, 2.05) is 47.2 Å². The van der Waals surface area contributed by atoms with Gasteiger partial charge in [-0.3, -0.25) is 0 Å². The highest BCUT2D eigenvalue weighted by Gasteiger charge is 2.09. The summed E-state index contributed by atoms with van der Waals surface area (Å²) in [7, 11) is 0. The molecule has 0 unspecified atom stereocenters. The first-order chi connectivity index (χ1) is 7.90. The third-order valence-corrected chi connectivity index (χ3v) is 2.46. The van der Waals surface area contributed by atoms with Gasteiger partial charge in [-0.1, -0.05) is 41.6 Å². The molecule has 0 radical (unpaired) electrons. The van der Waals surface area contributed by atoms with Crippen molar-refractivity contribution >= 4 is 0 Å². The molecule has 0 saturated carbocycles. The van der Waals surface area contributed by atoms with Gasteiger partial charge in [0.25, 0.3) is 0 Å². The Bertz CT molecular complexity index is 468. The van der Waals surface area contributed by atoms with Gasteiger partial charge in [-0.05, 0) is 0 Å². The van der Waals surface area contributed by atoms with Crippen molar-refractivity contribution in [3.8, 4) is 0 Å². The van der Waals surface area contributed by atoms with Gasteiger partial charge in [-0.15, -0.1) is 0 Å². The summed E-state index contributed by atoms with van der Waals surface area (Å²) in [6, 6.07) is 15.9. The van der Waals surface area contributed by atoms with Gasteiger partial charge < -0.3 is 0 Å². The lowest BCUT2D eigenvalue weighted by molar-refractivity contribution is -0.695. The van der Waals surface area contributed by atoms with Crippen LogP contribution in [-0.4, -0.2) is 0 Å². The van der Waals surface area contributed by atoms with Crippen molar-refractivity contribution in [1.82, 2.24) is 0 Å². The molecule has 16 heavy (non-hydrogen) atoms. The second-order valence-electron chi connectivity index (χ2n) is 3.59. The number of benzene rings is 1. The van der Waals surface area contributed by atoms with Crippen LogP contribution in [0.1, 0.15) is 11.3 Å². The Morgan fingerprint density at radius 1 is 1.00 bits per heavy atom. The Labute approximate surface area is 94.3 Å². The van der Waals surface area contributed by atoms with Crippen molar-refractivity contribution in [3.05, 3.63) is 70.9 Å². The summed E-state index contributed by atoms with van der Waals surface area (Å²) in [5, 5.41) is 2.94. The van der Waals surface area contributed by atoms with Gasteiger partial charge in [0.1, 0.15) is 0 Å². The topological polar surface area (TPSA) is 33.3 Å². The molecule has 3 heteroatoms. The standard InChI is InChI=1S/C13H13N2O/c16-14-10-13-8-4-5-9-15(13)11-12-6-2-1-3-7-12/h1-9H,10-11H2/q+1. The quantitative estimate of drug-likeness (QED) is 0.566. The van der Waals surface area contributed by atoms with Crippen molar-refractivity contribution < 1.29 is 4.57 Å². The molecule has 0 bridgehead atoms. The first-order valence-corrected chi connectivity index (χ1v) is 5.20. The van der Waals surface area contributed by atoms with Gasteiger partial charge >= 0.3 is 0 Å². The Kier molecular flexibility index (Phi) is 3.38. The summed E-state index contributed by atoms with van der Waals surface area (Å²) < 4.78 is 2.04. The Hall–Kier alpha value is -2.03. The van der Waals surface area contributed by atoms with Crippen LogP contribution in [0.4, 0.5) is 0 Å². The van der Waals surface area contributed by atoms with Crippen molar-refractivity contribution in [2.45, 2.75) is 13.1 Å². The third-order valence-electron chi connectivity index (χ3n) is 2.46. The van der Waals surface area contributed by atoms with E-state index < -0.39 is 0 Å². The lowest BCUT2D eigenvalue weighted by Crippen LogP contribution is -2.38. The maximum absolute atomic E-state index is 10.3. The lowest BCUT2D eigenvalue weighted by atomic mass is 10.2. The van der Waals surface area contributed by atoms with E-state index in [0.717, 1.165) is 12.2 Å². The van der Waals surface area contributed by atoms with Crippen molar-refractivity contribution in [2.24, 2.45) is 5.18 Å². The van der Waals surface area contributed by atoms with Crippen molar-refractivity contribution in [3.63, 3.8) is 0 Å². The van der Waals surface area contributed by atoms with E-state index in [1.54, 1.807) is 0 Å². The molecular formula is C13H13N2O+. The molecule has 1 aromatic carbocycles. The van der Waals surface area contributed by atoms with Gasteiger partial charge in [0, 0.05) is 17.7 Å². The number of rotatable bonds is 4. The number of nitrogens with zero attached hydrogens (tertiary/aromatic N) is 2. The largest absolute Gasteiger partial charge is 0.206 e. The van der Waals surface area contributed by atoms with Crippen LogP contribution in [0, 0.1) is 4.91 Å². The van der Waals surface area contributed by atoms with Crippen molar-refractivity contribution in [1.29, 1.82) is 0 Å². The smallest absolute Gasteiger partial charge is 0.196 e. The SMILES string of the molecule is O=NCc1cccc[n+]1Cc1ccccc1. The molecule has 0 fully saturated rings. The van der Waals surface area contributed by atoms with Crippen LogP contribution in [0.25, 0.3) is 0 Å². The molecule has 2 rings (SSSR count). The normalized spacial score (nSPS) is 10.0. The molecule has 80 valence electrons. The zero-order valence-corrected chi connectivity index (χ0v) is 8.91. The van der Waals surface area contributed by atoms with Gasteiger partial charge in [-0.2, -0.15) is 9.47 Å². The number of nitroso groups, excluding NO2 is 1. The molecule has 2 aromatic rings. The molecule has 1 aromatic heterocycles. The van der Waals surface area contributed by atoms with Crippen LogP contribution in [0.3, 0.4) is 0 Å². The van der Waals surface area contributed by atoms with Gasteiger partial charge in [0.2, 0.25) is 5.69 Å². The van der Waals surface area contributed by atoms with Gasteiger partial charge in [0.15, 0.2) is 19.3 Å². The molecule has 0 aliphatic rings. The first kappa shape index (κ1) is 10.5. The van der Waals surface area contributed by atoms with E-state index in [1.165, 1.54) is 5.56 Å². The Morgan fingerprint density at radius 3 is 2.50 bits per heavy atom. The fourth-order valence-electron chi connectivity index (χ4n) is 1.66. The lowest BCUT2D eigenvalue weighted by Gasteiger charge is -2.00. The maximum Gasteiger partial charge on any atom is 0.206 e. The first-order valence-electron chi connectivity index (χ1n) is 5.20. The fourth-order valence-corrected chi connectivity index (χ4v) is 1.66. The van der Waals surface area contributed by atoms with Crippen LogP contribution in [0.15, 0.2) is 59.9 Å². The van der Waals surface area contributed by atoms with Gasteiger partial charge in [0.05, 0.1) is 0 Å². The second-order valence-corrected chi connectivity index (χ2v) is 3.59. The van der Waals surface area contributed by atoms with E-state index in [2.05, 4.69) is 17.3 Å². The minimum absolute atomic E-state index is 0.216. The van der Waals surface area contributed by atoms with Crippen molar-refractivity contribution in [2.75, 3.05) is 0 Å². The summed E-state index contributed by atoms with van der Waals surface area (Å²) in [6.07, 6.45) is 1.97. The van der Waals surface area contributed by atoms with Crippen LogP contribution in [0.2, 0.25) is 0 Å². The fraction of sp³-hybridized carbons (Fsp3) is 0.154. The molecule has 0 N–H and O–H groups in total. The average Bonchev–Trinajstić information content (AvgIpc) is 2.33. The van der Waals surface area contributed by atoms with Crippen LogP contribution in [0.5, 0.6) is 0 Å². The molecule has 0 saturated heterocycles. The highest BCUT2D eigenvalue weighted by molar-refractivity contribution is 5.13. The predicted molar refractivity (Wildman–Crippen MR) is 61.7 cm³/mol. The molecule has 0 spiro atoms. The molecule has 0 atom stereocenters. The van der Waals surface area contributed by atoms with Crippen LogP contribution in [-0.2, 0) is 13.1 Å². The molecule has 3 nitrogen and oxygen atoms in total. The molecule has 0 amide bonds. The van der Waals surface area contributed by atoms with E-state index in [-0.39, 0.29) is 6.54 Å². The Balaban J connectivity index is 2.24. The molecular weight excluding hydrogens is 200 g/mol. The van der Waals surface area contributed by atoms with E-state index in [0.29, 0.717) is 0 Å². The predicted octanol–water partition coefficient (Wildman–Crippen LogP) is 2.29. The van der Waals surface area contributed by atoms with Gasteiger partial charge in [-0.25, -0.2) is 0 Å². The minimum atomic E-state index is 0.216. The van der Waals surface area contributed by atoms with Crippen LogP contribution < -0.4 is 4.57 Å². The molecule has 0 aliphatic heterocycles. The van der Waals surface area contributed by atoms with E-state index in [9.17, 15) is 4.91 Å². The summed E-state index contributed by atoms with van der Waals surface area (Å²) in [5.74, 6) is 0. The van der Waals surface area contributed by atoms with E-state index in [4.69, 9.17) is 0 Å². The number of pyridine rings is 1. The number of aromatic nitrogens is 1. The third kappa shape index (κ3) is 2.51. The zero-order valence-electron chi connectivity index (χ0n) is 8.91. The number of hydrogen-bond donors (Lipinski definition) is 0. The second kappa shape index (κ2) is 5.16. The molecule has 0 aliphatic carbocycles. The molecule has 1 heterocycles.